The number of hydrogen-bond donors (Lipinski definition) is 0. The lowest BCUT2D eigenvalue weighted by molar-refractivity contribution is -0.394. The molecular formula is C26H21N3O9. The van der Waals surface area contributed by atoms with Crippen LogP contribution in [0, 0.1) is 26.1 Å². The quantitative estimate of drug-likeness (QED) is 0.134. The van der Waals surface area contributed by atoms with E-state index in [1.807, 2.05) is 0 Å². The van der Waals surface area contributed by atoms with Crippen molar-refractivity contribution >= 4 is 34.7 Å². The van der Waals surface area contributed by atoms with Crippen molar-refractivity contribution in [1.82, 2.24) is 0 Å². The molecule has 0 radical (unpaired) electrons. The van der Waals surface area contributed by atoms with Crippen LogP contribution in [0.1, 0.15) is 27.6 Å². The van der Waals surface area contributed by atoms with Gasteiger partial charge in [-0.25, -0.2) is 4.79 Å². The van der Waals surface area contributed by atoms with E-state index in [2.05, 4.69) is 0 Å². The number of nitro groups is 2. The summed E-state index contributed by atoms with van der Waals surface area (Å²) >= 11 is 0. The third-order valence-corrected chi connectivity index (χ3v) is 6.18. The number of β-lactam (4-membered cyclic amide) rings is 1. The van der Waals surface area contributed by atoms with Crippen LogP contribution in [0.3, 0.4) is 0 Å². The van der Waals surface area contributed by atoms with Gasteiger partial charge in [0.25, 0.3) is 11.4 Å². The van der Waals surface area contributed by atoms with Gasteiger partial charge in [-0.1, -0.05) is 30.3 Å². The Morgan fingerprint density at radius 3 is 2.00 bits per heavy atom. The third kappa shape index (κ3) is 4.91. The molecule has 3 aromatic rings. The van der Waals surface area contributed by atoms with Crippen LogP contribution in [0.5, 0.6) is 5.75 Å². The summed E-state index contributed by atoms with van der Waals surface area (Å²) in [6.45, 7) is 1.42. The van der Waals surface area contributed by atoms with E-state index in [9.17, 15) is 34.6 Å². The van der Waals surface area contributed by atoms with Gasteiger partial charge in [0, 0.05) is 23.4 Å². The molecule has 1 heterocycles. The number of anilines is 1. The van der Waals surface area contributed by atoms with Crippen molar-refractivity contribution in [3.63, 3.8) is 0 Å². The van der Waals surface area contributed by atoms with Gasteiger partial charge in [0.1, 0.15) is 23.8 Å². The van der Waals surface area contributed by atoms with Crippen molar-refractivity contribution in [3.8, 4) is 5.75 Å². The van der Waals surface area contributed by atoms with Gasteiger partial charge in [0.05, 0.1) is 28.6 Å². The number of hydrogen-bond acceptors (Lipinski definition) is 9. The first kappa shape index (κ1) is 25.9. The molecule has 3 aromatic carbocycles. The zero-order valence-corrected chi connectivity index (χ0v) is 20.2. The monoisotopic (exact) mass is 519 g/mol. The highest BCUT2D eigenvalue weighted by Crippen LogP contribution is 2.38. The van der Waals surface area contributed by atoms with Crippen LogP contribution in [0.25, 0.3) is 0 Å². The molecule has 0 aliphatic carbocycles. The Bertz CT molecular complexity index is 1390. The molecule has 1 amide bonds. The Hall–Kier alpha value is -5.13. The van der Waals surface area contributed by atoms with E-state index in [0.29, 0.717) is 17.0 Å². The summed E-state index contributed by atoms with van der Waals surface area (Å²) in [5.41, 5.74) is -0.972. The van der Waals surface area contributed by atoms with E-state index in [0.717, 1.165) is 18.2 Å². The molecule has 1 unspecified atom stereocenters. The zero-order valence-electron chi connectivity index (χ0n) is 20.2. The van der Waals surface area contributed by atoms with Crippen molar-refractivity contribution < 1.29 is 33.7 Å². The van der Waals surface area contributed by atoms with E-state index in [-0.39, 0.29) is 5.78 Å². The van der Waals surface area contributed by atoms with Crippen LogP contribution >= 0.6 is 0 Å². The Morgan fingerprint density at radius 2 is 1.47 bits per heavy atom. The molecule has 0 N–H and O–H groups in total. The van der Waals surface area contributed by atoms with Crippen LogP contribution in [-0.4, -0.2) is 46.8 Å². The molecule has 0 bridgehead atoms. The lowest BCUT2D eigenvalue weighted by Crippen LogP contribution is -2.68. The number of ether oxygens (including phenoxy) is 2. The van der Waals surface area contributed by atoms with E-state index >= 15 is 0 Å². The number of ketones is 1. The molecule has 1 aliphatic heterocycles. The summed E-state index contributed by atoms with van der Waals surface area (Å²) in [7, 11) is 1.49. The maximum absolute atomic E-state index is 13.5. The average molecular weight is 519 g/mol. The number of Topliss-reactive ketones (excluding diaryl/α,β-unsaturated/α-hetero) is 1. The summed E-state index contributed by atoms with van der Waals surface area (Å²) in [4.78, 5) is 61.5. The molecule has 38 heavy (non-hydrogen) atoms. The molecule has 0 aromatic heterocycles. The average Bonchev–Trinajstić information content (AvgIpc) is 2.91. The first-order valence-electron chi connectivity index (χ1n) is 11.3. The second-order valence-electron chi connectivity index (χ2n) is 8.47. The number of nitro benzene ring substituents is 2. The Morgan fingerprint density at radius 1 is 0.895 bits per heavy atom. The second kappa shape index (κ2) is 10.5. The molecule has 1 fully saturated rings. The molecule has 0 spiro atoms. The normalized spacial score (nSPS) is 17.2. The maximum atomic E-state index is 13.5. The topological polar surface area (TPSA) is 159 Å². The predicted octanol–water partition coefficient (Wildman–Crippen LogP) is 3.97. The Balaban J connectivity index is 1.63. The van der Waals surface area contributed by atoms with Crippen molar-refractivity contribution in [3.05, 3.63) is 104 Å². The molecule has 1 saturated heterocycles. The van der Waals surface area contributed by atoms with Gasteiger partial charge in [0.15, 0.2) is 5.78 Å². The molecule has 4 rings (SSSR count). The zero-order chi connectivity index (χ0) is 27.6. The first-order valence-corrected chi connectivity index (χ1v) is 11.3. The van der Waals surface area contributed by atoms with Crippen LogP contribution in [0.2, 0.25) is 0 Å². The molecule has 12 heteroatoms. The highest BCUT2D eigenvalue weighted by atomic mass is 16.6. The minimum absolute atomic E-state index is 0.348. The van der Waals surface area contributed by atoms with Crippen molar-refractivity contribution in [2.24, 2.45) is 5.92 Å². The lowest BCUT2D eigenvalue weighted by atomic mass is 9.78. The molecule has 194 valence electrons. The van der Waals surface area contributed by atoms with Gasteiger partial charge < -0.3 is 14.4 Å². The van der Waals surface area contributed by atoms with Gasteiger partial charge in [-0.2, -0.15) is 0 Å². The molecule has 0 saturated carbocycles. The summed E-state index contributed by atoms with van der Waals surface area (Å²) in [5.74, 6) is -2.47. The summed E-state index contributed by atoms with van der Waals surface area (Å²) < 4.78 is 10.6. The Kier molecular flexibility index (Phi) is 7.15. The van der Waals surface area contributed by atoms with E-state index < -0.39 is 56.7 Å². The number of esters is 1. The number of nitrogens with zero attached hydrogens (tertiary/aromatic N) is 3. The van der Waals surface area contributed by atoms with Gasteiger partial charge in [-0.05, 0) is 31.2 Å². The largest absolute Gasteiger partial charge is 0.497 e. The number of non-ortho nitro benzene ring substituents is 2. The van der Waals surface area contributed by atoms with Crippen LogP contribution in [0.4, 0.5) is 17.1 Å². The summed E-state index contributed by atoms with van der Waals surface area (Å²) in [6.07, 6.45) is -1.14. The minimum Gasteiger partial charge on any atom is -0.497 e. The van der Waals surface area contributed by atoms with Gasteiger partial charge in [0.2, 0.25) is 5.91 Å². The van der Waals surface area contributed by atoms with Crippen molar-refractivity contribution in [2.45, 2.75) is 19.1 Å². The van der Waals surface area contributed by atoms with Crippen molar-refractivity contribution in [2.75, 3.05) is 12.0 Å². The SMILES string of the molecule is COc1ccc(N2C(=O)[C@@H](C(C)OC(=O)c3cc([N+](=O)[O-])cc([N+](=O)[O-])c3)[C@@H]2C(=O)c2ccccc2)cc1. The lowest BCUT2D eigenvalue weighted by Gasteiger charge is -2.47. The third-order valence-electron chi connectivity index (χ3n) is 6.18. The fraction of sp³-hybridized carbons (Fsp3) is 0.192. The van der Waals surface area contributed by atoms with Gasteiger partial charge in [-0.3, -0.25) is 29.8 Å². The van der Waals surface area contributed by atoms with E-state index in [1.165, 1.54) is 18.9 Å². The maximum Gasteiger partial charge on any atom is 0.338 e. The Labute approximate surface area is 215 Å². The number of amides is 1. The fourth-order valence-electron chi connectivity index (χ4n) is 4.29. The summed E-state index contributed by atoms with van der Waals surface area (Å²) in [6, 6.07) is 16.2. The smallest absolute Gasteiger partial charge is 0.338 e. The number of carbonyl (C=O) groups is 3. The number of benzene rings is 3. The standard InChI is InChI=1S/C26H21N3O9/c1-15(38-26(32)17-12-19(28(33)34)14-20(13-17)29(35)36)22-23(24(30)16-6-4-3-5-7-16)27(25(22)31)18-8-10-21(37-2)11-9-18/h3-15,22-23H,1-2H3/t15?,22-,23+/m0/s1. The minimum atomic E-state index is -1.14. The number of methoxy groups -OCH3 is 1. The molecular weight excluding hydrogens is 498 g/mol. The molecule has 1 aliphatic rings. The fourth-order valence-corrected chi connectivity index (χ4v) is 4.29. The van der Waals surface area contributed by atoms with Gasteiger partial charge in [-0.15, -0.1) is 0 Å². The van der Waals surface area contributed by atoms with Crippen LogP contribution in [-0.2, 0) is 9.53 Å². The van der Waals surface area contributed by atoms with Gasteiger partial charge >= 0.3 is 5.97 Å². The number of carbonyl (C=O) groups excluding carboxylic acids is 3. The van der Waals surface area contributed by atoms with Crippen molar-refractivity contribution in [1.29, 1.82) is 0 Å². The summed E-state index contributed by atoms with van der Waals surface area (Å²) in [5, 5.41) is 22.4. The number of rotatable bonds is 9. The first-order chi connectivity index (χ1) is 18.1. The highest BCUT2D eigenvalue weighted by molar-refractivity contribution is 6.17. The van der Waals surface area contributed by atoms with E-state index in [1.54, 1.807) is 54.6 Å². The second-order valence-corrected chi connectivity index (χ2v) is 8.47. The highest BCUT2D eigenvalue weighted by Gasteiger charge is 2.55. The molecule has 3 atom stereocenters. The predicted molar refractivity (Wildman–Crippen MR) is 133 cm³/mol. The van der Waals surface area contributed by atoms with Crippen LogP contribution < -0.4 is 9.64 Å². The van der Waals surface area contributed by atoms with Crippen LogP contribution in [0.15, 0.2) is 72.8 Å². The molecule has 12 nitrogen and oxygen atoms in total. The van der Waals surface area contributed by atoms with E-state index in [4.69, 9.17) is 9.47 Å².